The zero-order chi connectivity index (χ0) is 12.4. The van der Waals surface area contributed by atoms with Crippen molar-refractivity contribution in [2.75, 3.05) is 19.0 Å². The Balaban J connectivity index is 1.61. The van der Waals surface area contributed by atoms with Gasteiger partial charge in [-0.25, -0.2) is 4.98 Å². The van der Waals surface area contributed by atoms with E-state index in [4.69, 9.17) is 9.47 Å². The van der Waals surface area contributed by atoms with Crippen LogP contribution in [-0.2, 0) is 4.74 Å². The van der Waals surface area contributed by atoms with Crippen LogP contribution in [0.3, 0.4) is 0 Å². The summed E-state index contributed by atoms with van der Waals surface area (Å²) in [5.74, 6) is 0.656. The Hall–Kier alpha value is -1.29. The van der Waals surface area contributed by atoms with Crippen LogP contribution in [0.2, 0.25) is 0 Å². The van der Waals surface area contributed by atoms with E-state index in [9.17, 15) is 0 Å². The van der Waals surface area contributed by atoms with Gasteiger partial charge in [-0.3, -0.25) is 0 Å². The Morgan fingerprint density at radius 1 is 1.44 bits per heavy atom. The molecule has 1 aliphatic heterocycles. The Morgan fingerprint density at radius 3 is 2.94 bits per heavy atom. The Morgan fingerprint density at radius 2 is 2.33 bits per heavy atom. The van der Waals surface area contributed by atoms with Gasteiger partial charge in [-0.15, -0.1) is 0 Å². The molecule has 1 spiro atoms. The maximum absolute atomic E-state index is 5.93. The summed E-state index contributed by atoms with van der Waals surface area (Å²) in [5, 5.41) is 3.56. The lowest BCUT2D eigenvalue weighted by Crippen LogP contribution is -2.49. The number of hydrogen-bond acceptors (Lipinski definition) is 4. The van der Waals surface area contributed by atoms with Crippen molar-refractivity contribution < 1.29 is 9.47 Å². The van der Waals surface area contributed by atoms with Gasteiger partial charge in [-0.2, -0.15) is 0 Å². The molecular weight excluding hydrogens is 228 g/mol. The van der Waals surface area contributed by atoms with Crippen molar-refractivity contribution in [3.63, 3.8) is 0 Å². The van der Waals surface area contributed by atoms with E-state index < -0.39 is 0 Å². The number of nitrogens with zero attached hydrogens (tertiary/aromatic N) is 1. The van der Waals surface area contributed by atoms with E-state index >= 15 is 0 Å². The molecule has 3 rings (SSSR count). The molecule has 98 valence electrons. The second kappa shape index (κ2) is 4.76. The molecule has 0 bridgehead atoms. The lowest BCUT2D eigenvalue weighted by Gasteiger charge is -2.47. The van der Waals surface area contributed by atoms with Crippen LogP contribution in [0.1, 0.15) is 32.1 Å². The third-order valence-corrected chi connectivity index (χ3v) is 4.07. The smallest absolute Gasteiger partial charge is 0.213 e. The maximum Gasteiger partial charge on any atom is 0.213 e. The predicted octanol–water partition coefficient (Wildman–Crippen LogP) is 2.60. The van der Waals surface area contributed by atoms with E-state index in [1.165, 1.54) is 19.3 Å². The van der Waals surface area contributed by atoms with Gasteiger partial charge in [0.05, 0.1) is 24.6 Å². The summed E-state index contributed by atoms with van der Waals surface area (Å²) in [4.78, 5) is 4.22. The van der Waals surface area contributed by atoms with Crippen molar-refractivity contribution in [3.8, 4) is 5.88 Å². The first-order chi connectivity index (χ1) is 8.80. The third-order valence-electron chi connectivity index (χ3n) is 4.07. The van der Waals surface area contributed by atoms with E-state index in [1.807, 2.05) is 18.3 Å². The summed E-state index contributed by atoms with van der Waals surface area (Å²) in [6.45, 7) is 0.876. The molecule has 1 aromatic rings. The largest absolute Gasteiger partial charge is 0.481 e. The molecule has 0 radical (unpaired) electrons. The van der Waals surface area contributed by atoms with Crippen LogP contribution in [0.4, 0.5) is 5.69 Å². The molecule has 1 N–H and O–H groups in total. The highest BCUT2D eigenvalue weighted by molar-refractivity contribution is 5.43. The minimum Gasteiger partial charge on any atom is -0.481 e. The minimum absolute atomic E-state index is 0.190. The molecule has 1 saturated carbocycles. The topological polar surface area (TPSA) is 43.4 Å². The Kier molecular flexibility index (Phi) is 3.12. The summed E-state index contributed by atoms with van der Waals surface area (Å²) in [5.41, 5.74) is 1.26. The van der Waals surface area contributed by atoms with Crippen molar-refractivity contribution in [2.24, 2.45) is 0 Å². The monoisotopic (exact) mass is 248 g/mol. The van der Waals surface area contributed by atoms with Gasteiger partial charge in [-0.1, -0.05) is 0 Å². The van der Waals surface area contributed by atoms with Crippen molar-refractivity contribution >= 4 is 5.69 Å². The zero-order valence-corrected chi connectivity index (χ0v) is 10.8. The number of rotatable bonds is 3. The summed E-state index contributed by atoms with van der Waals surface area (Å²) in [6.07, 6.45) is 7.81. The molecule has 2 fully saturated rings. The van der Waals surface area contributed by atoms with Gasteiger partial charge in [0.1, 0.15) is 0 Å². The fourth-order valence-corrected chi connectivity index (χ4v) is 2.89. The number of hydrogen-bond donors (Lipinski definition) is 1. The first kappa shape index (κ1) is 11.8. The van der Waals surface area contributed by atoms with Gasteiger partial charge in [0.25, 0.3) is 0 Å². The molecule has 18 heavy (non-hydrogen) atoms. The van der Waals surface area contributed by atoms with Gasteiger partial charge in [0.15, 0.2) is 0 Å². The molecule has 1 atom stereocenters. The van der Waals surface area contributed by atoms with Crippen LogP contribution < -0.4 is 10.1 Å². The first-order valence-corrected chi connectivity index (χ1v) is 6.70. The summed E-state index contributed by atoms with van der Waals surface area (Å²) >= 11 is 0. The third kappa shape index (κ3) is 2.29. The number of aromatic nitrogens is 1. The number of methoxy groups -OCH3 is 1. The van der Waals surface area contributed by atoms with Gasteiger partial charge >= 0.3 is 0 Å². The fraction of sp³-hybridized carbons (Fsp3) is 0.643. The standard InChI is InChI=1S/C14H20N2O2/c1-17-13-4-3-12(10-15-13)16-11-5-8-18-14(9-11)6-2-7-14/h3-4,10-11,16H,2,5-9H2,1H3. The maximum atomic E-state index is 5.93. The molecule has 2 heterocycles. The second-order valence-corrected chi connectivity index (χ2v) is 5.31. The normalized spacial score (nSPS) is 25.5. The number of ether oxygens (including phenoxy) is 2. The summed E-state index contributed by atoms with van der Waals surface area (Å²) in [6, 6.07) is 4.42. The van der Waals surface area contributed by atoms with Gasteiger partial charge in [0, 0.05) is 18.7 Å². The van der Waals surface area contributed by atoms with Gasteiger partial charge < -0.3 is 14.8 Å². The van der Waals surface area contributed by atoms with Crippen molar-refractivity contribution in [2.45, 2.75) is 43.7 Å². The molecule has 1 saturated heterocycles. The Labute approximate surface area is 108 Å². The van der Waals surface area contributed by atoms with Crippen molar-refractivity contribution in [1.29, 1.82) is 0 Å². The van der Waals surface area contributed by atoms with Crippen LogP contribution >= 0.6 is 0 Å². The quantitative estimate of drug-likeness (QED) is 0.893. The van der Waals surface area contributed by atoms with Gasteiger partial charge in [0.2, 0.25) is 5.88 Å². The molecule has 1 aliphatic carbocycles. The number of anilines is 1. The zero-order valence-electron chi connectivity index (χ0n) is 10.8. The minimum atomic E-state index is 0.190. The van der Waals surface area contributed by atoms with Gasteiger partial charge in [-0.05, 0) is 38.2 Å². The molecule has 4 nitrogen and oxygen atoms in total. The van der Waals surface area contributed by atoms with E-state index in [2.05, 4.69) is 10.3 Å². The van der Waals surface area contributed by atoms with Crippen LogP contribution in [0, 0.1) is 0 Å². The first-order valence-electron chi connectivity index (χ1n) is 6.70. The molecule has 1 unspecified atom stereocenters. The fourth-order valence-electron chi connectivity index (χ4n) is 2.89. The SMILES string of the molecule is COc1ccc(NC2CCOC3(CCC3)C2)cn1. The lowest BCUT2D eigenvalue weighted by molar-refractivity contribution is -0.130. The van der Waals surface area contributed by atoms with E-state index in [-0.39, 0.29) is 5.60 Å². The second-order valence-electron chi connectivity index (χ2n) is 5.31. The number of pyridine rings is 1. The molecule has 4 heteroatoms. The molecular formula is C14H20N2O2. The average molecular weight is 248 g/mol. The average Bonchev–Trinajstić information content (AvgIpc) is 2.38. The van der Waals surface area contributed by atoms with Crippen LogP contribution in [0.15, 0.2) is 18.3 Å². The lowest BCUT2D eigenvalue weighted by atomic mass is 9.74. The highest BCUT2D eigenvalue weighted by Gasteiger charge is 2.42. The molecule has 2 aliphatic rings. The molecule has 0 aromatic carbocycles. The number of nitrogens with one attached hydrogen (secondary N) is 1. The van der Waals surface area contributed by atoms with Crippen molar-refractivity contribution in [3.05, 3.63) is 18.3 Å². The van der Waals surface area contributed by atoms with Crippen molar-refractivity contribution in [1.82, 2.24) is 4.98 Å². The summed E-state index contributed by atoms with van der Waals surface area (Å²) < 4.78 is 11.0. The van der Waals surface area contributed by atoms with E-state index in [0.29, 0.717) is 11.9 Å². The molecule has 1 aromatic heterocycles. The van der Waals surface area contributed by atoms with Crippen LogP contribution in [0.25, 0.3) is 0 Å². The predicted molar refractivity (Wildman–Crippen MR) is 70.0 cm³/mol. The Bertz CT molecular complexity index is 401. The summed E-state index contributed by atoms with van der Waals surface area (Å²) in [7, 11) is 1.63. The van der Waals surface area contributed by atoms with Crippen LogP contribution in [-0.4, -0.2) is 30.3 Å². The van der Waals surface area contributed by atoms with E-state index in [1.54, 1.807) is 7.11 Å². The molecule has 0 amide bonds. The van der Waals surface area contributed by atoms with E-state index in [0.717, 1.165) is 25.1 Å². The van der Waals surface area contributed by atoms with Crippen LogP contribution in [0.5, 0.6) is 5.88 Å². The highest BCUT2D eigenvalue weighted by Crippen LogP contribution is 2.42. The highest BCUT2D eigenvalue weighted by atomic mass is 16.5.